The average Bonchev–Trinajstić information content (AvgIpc) is 2.28. The number of rotatable bonds is 8. The summed E-state index contributed by atoms with van der Waals surface area (Å²) in [7, 11) is -3.84. The van der Waals surface area contributed by atoms with Crippen LogP contribution in [0.2, 0.25) is 0 Å². The summed E-state index contributed by atoms with van der Waals surface area (Å²) in [6, 6.07) is 8.04. The minimum atomic E-state index is -3.84. The summed E-state index contributed by atoms with van der Waals surface area (Å²) in [6.07, 6.45) is 2.08. The molecule has 1 aromatic rings. The first-order valence-electron chi connectivity index (χ1n) is 6.09. The summed E-state index contributed by atoms with van der Waals surface area (Å²) in [5.41, 5.74) is 7.71. The summed E-state index contributed by atoms with van der Waals surface area (Å²) in [5, 5.41) is 3.24. The quantitative estimate of drug-likeness (QED) is 0.425. The van der Waals surface area contributed by atoms with E-state index in [9.17, 15) is 4.57 Å². The number of hydrogen-bond acceptors (Lipinski definition) is 3. The zero-order chi connectivity index (χ0) is 13.4. The Balaban J connectivity index is 2.26. The predicted molar refractivity (Wildman–Crippen MR) is 73.8 cm³/mol. The van der Waals surface area contributed by atoms with Gasteiger partial charge in [0, 0.05) is 18.4 Å². The Labute approximate surface area is 108 Å². The lowest BCUT2D eigenvalue weighted by molar-refractivity contribution is 0.371. The zero-order valence-corrected chi connectivity index (χ0v) is 11.3. The maximum atomic E-state index is 10.6. The van der Waals surface area contributed by atoms with Gasteiger partial charge in [-0.25, -0.2) is 0 Å². The highest BCUT2D eigenvalue weighted by Gasteiger charge is 2.10. The minimum Gasteiger partial charge on any atom is -0.385 e. The maximum absolute atomic E-state index is 10.6. The third-order valence-corrected chi connectivity index (χ3v) is 3.46. The van der Waals surface area contributed by atoms with Crippen molar-refractivity contribution in [3.8, 4) is 0 Å². The van der Waals surface area contributed by atoms with Gasteiger partial charge in [-0.3, -0.25) is 4.57 Å². The number of anilines is 1. The van der Waals surface area contributed by atoms with Crippen LogP contribution in [0.4, 0.5) is 5.69 Å². The molecule has 0 heterocycles. The van der Waals surface area contributed by atoms with Gasteiger partial charge in [-0.05, 0) is 43.5 Å². The molecule has 0 aliphatic carbocycles. The molecule has 0 saturated carbocycles. The van der Waals surface area contributed by atoms with E-state index in [4.69, 9.17) is 15.5 Å². The van der Waals surface area contributed by atoms with E-state index >= 15 is 0 Å². The van der Waals surface area contributed by atoms with Crippen molar-refractivity contribution in [2.75, 3.05) is 24.6 Å². The zero-order valence-electron chi connectivity index (χ0n) is 10.4. The number of hydrogen-bond donors (Lipinski definition) is 4. The molecule has 0 amide bonds. The summed E-state index contributed by atoms with van der Waals surface area (Å²) in [5.74, 6) is 0. The smallest absolute Gasteiger partial charge is 0.325 e. The van der Waals surface area contributed by atoms with Gasteiger partial charge in [0.15, 0.2) is 0 Å². The molecule has 0 aliphatic rings. The van der Waals surface area contributed by atoms with Crippen molar-refractivity contribution in [1.82, 2.24) is 0 Å². The van der Waals surface area contributed by atoms with Gasteiger partial charge < -0.3 is 20.8 Å². The van der Waals surface area contributed by atoms with Gasteiger partial charge in [-0.1, -0.05) is 12.1 Å². The number of nitrogens with one attached hydrogen (secondary N) is 1. The van der Waals surface area contributed by atoms with Gasteiger partial charge in [0.05, 0.1) is 0 Å². The Morgan fingerprint density at radius 2 is 2.06 bits per heavy atom. The van der Waals surface area contributed by atoms with E-state index in [0.29, 0.717) is 19.5 Å². The van der Waals surface area contributed by atoms with E-state index in [2.05, 4.69) is 11.4 Å². The molecule has 0 aliphatic heterocycles. The standard InChI is InChI=1S/C12H21N2O3P/c13-7-6-11-4-3-5-12(10-11)14-8-1-2-9-18(15,16)17/h3-5,10,14H,1-2,6-9,13H2,(H2,15,16,17). The van der Waals surface area contributed by atoms with E-state index < -0.39 is 7.60 Å². The normalized spacial score (nSPS) is 11.5. The van der Waals surface area contributed by atoms with E-state index in [1.807, 2.05) is 18.2 Å². The molecule has 18 heavy (non-hydrogen) atoms. The highest BCUT2D eigenvalue weighted by Crippen LogP contribution is 2.35. The fourth-order valence-corrected chi connectivity index (χ4v) is 2.31. The Bertz CT molecular complexity index is 406. The van der Waals surface area contributed by atoms with Crippen molar-refractivity contribution in [3.05, 3.63) is 29.8 Å². The van der Waals surface area contributed by atoms with Crippen molar-refractivity contribution in [1.29, 1.82) is 0 Å². The second kappa shape index (κ2) is 7.54. The fraction of sp³-hybridized carbons (Fsp3) is 0.500. The predicted octanol–water partition coefficient (Wildman–Crippen LogP) is 1.56. The topological polar surface area (TPSA) is 95.6 Å². The molecule has 0 atom stereocenters. The largest absolute Gasteiger partial charge is 0.385 e. The number of unbranched alkanes of at least 4 members (excludes halogenated alkanes) is 1. The van der Waals surface area contributed by atoms with Crippen LogP contribution in [0.3, 0.4) is 0 Å². The lowest BCUT2D eigenvalue weighted by atomic mass is 10.1. The van der Waals surface area contributed by atoms with Crippen LogP contribution < -0.4 is 11.1 Å². The van der Waals surface area contributed by atoms with Crippen LogP contribution >= 0.6 is 7.60 Å². The minimum absolute atomic E-state index is 0.0398. The van der Waals surface area contributed by atoms with E-state index in [-0.39, 0.29) is 6.16 Å². The van der Waals surface area contributed by atoms with Gasteiger partial charge in [0.25, 0.3) is 0 Å². The second-order valence-corrected chi connectivity index (χ2v) is 6.04. The molecular weight excluding hydrogens is 251 g/mol. The van der Waals surface area contributed by atoms with Crippen LogP contribution in [0.15, 0.2) is 24.3 Å². The SMILES string of the molecule is NCCc1cccc(NCCCCP(=O)(O)O)c1. The van der Waals surface area contributed by atoms with E-state index in [1.54, 1.807) is 0 Å². The van der Waals surface area contributed by atoms with Gasteiger partial charge in [-0.15, -0.1) is 0 Å². The molecule has 0 aromatic heterocycles. The molecular formula is C12H21N2O3P. The molecule has 0 unspecified atom stereocenters. The van der Waals surface area contributed by atoms with Crippen molar-refractivity contribution in [3.63, 3.8) is 0 Å². The molecule has 1 rings (SSSR count). The Morgan fingerprint density at radius 3 is 2.72 bits per heavy atom. The monoisotopic (exact) mass is 272 g/mol. The lowest BCUT2D eigenvalue weighted by Gasteiger charge is -2.08. The summed E-state index contributed by atoms with van der Waals surface area (Å²) < 4.78 is 10.6. The molecule has 102 valence electrons. The van der Waals surface area contributed by atoms with Gasteiger partial charge in [0.2, 0.25) is 0 Å². The Hall–Kier alpha value is -0.870. The van der Waals surface area contributed by atoms with E-state index in [1.165, 1.54) is 5.56 Å². The third-order valence-electron chi connectivity index (χ3n) is 2.57. The molecule has 5 nitrogen and oxygen atoms in total. The molecule has 0 fully saturated rings. The van der Waals surface area contributed by atoms with Gasteiger partial charge >= 0.3 is 7.60 Å². The van der Waals surface area contributed by atoms with Crippen LogP contribution in [0.1, 0.15) is 18.4 Å². The van der Waals surface area contributed by atoms with Gasteiger partial charge in [0.1, 0.15) is 0 Å². The van der Waals surface area contributed by atoms with Crippen molar-refractivity contribution in [2.24, 2.45) is 5.73 Å². The van der Waals surface area contributed by atoms with E-state index in [0.717, 1.165) is 18.5 Å². The summed E-state index contributed by atoms with van der Waals surface area (Å²) in [6.45, 7) is 1.35. The Kier molecular flexibility index (Phi) is 6.36. The molecule has 0 saturated heterocycles. The van der Waals surface area contributed by atoms with Crippen LogP contribution in [-0.2, 0) is 11.0 Å². The molecule has 5 N–H and O–H groups in total. The van der Waals surface area contributed by atoms with Crippen LogP contribution in [0.25, 0.3) is 0 Å². The van der Waals surface area contributed by atoms with Crippen LogP contribution in [0, 0.1) is 0 Å². The number of benzene rings is 1. The van der Waals surface area contributed by atoms with Crippen LogP contribution in [0.5, 0.6) is 0 Å². The first-order valence-corrected chi connectivity index (χ1v) is 7.88. The molecule has 6 heteroatoms. The molecule has 0 radical (unpaired) electrons. The fourth-order valence-electron chi connectivity index (χ4n) is 1.68. The highest BCUT2D eigenvalue weighted by atomic mass is 31.2. The lowest BCUT2D eigenvalue weighted by Crippen LogP contribution is -2.05. The highest BCUT2D eigenvalue weighted by molar-refractivity contribution is 7.51. The number of nitrogens with two attached hydrogens (primary N) is 1. The summed E-state index contributed by atoms with van der Waals surface area (Å²) >= 11 is 0. The second-order valence-electron chi connectivity index (χ2n) is 4.26. The van der Waals surface area contributed by atoms with Crippen LogP contribution in [-0.4, -0.2) is 29.0 Å². The third kappa shape index (κ3) is 6.77. The summed E-state index contributed by atoms with van der Waals surface area (Å²) in [4.78, 5) is 17.4. The van der Waals surface area contributed by atoms with Crippen molar-refractivity contribution >= 4 is 13.3 Å². The van der Waals surface area contributed by atoms with Crippen molar-refractivity contribution in [2.45, 2.75) is 19.3 Å². The van der Waals surface area contributed by atoms with Crippen molar-refractivity contribution < 1.29 is 14.4 Å². The first-order chi connectivity index (χ1) is 8.51. The average molecular weight is 272 g/mol. The van der Waals surface area contributed by atoms with Gasteiger partial charge in [-0.2, -0.15) is 0 Å². The first kappa shape index (κ1) is 15.2. The maximum Gasteiger partial charge on any atom is 0.325 e. The molecule has 1 aromatic carbocycles. The molecule has 0 bridgehead atoms. The Morgan fingerprint density at radius 1 is 1.28 bits per heavy atom. The molecule has 0 spiro atoms.